The Balaban J connectivity index is 1.84. The number of benzene rings is 1. The number of aromatic nitrogens is 5. The number of hydrogen-bond donors (Lipinski definition) is 1. The van der Waals surface area contributed by atoms with Crippen molar-refractivity contribution >= 4 is 16.6 Å². The molecule has 3 heterocycles. The van der Waals surface area contributed by atoms with Gasteiger partial charge in [-0.3, -0.25) is 13.8 Å². The fourth-order valence-electron chi connectivity index (χ4n) is 3.50. The summed E-state index contributed by atoms with van der Waals surface area (Å²) in [6.45, 7) is 3.81. The number of fused-ring (bicyclic) bond motifs is 3. The molecule has 1 N–H and O–H groups in total. The van der Waals surface area contributed by atoms with Crippen molar-refractivity contribution in [3.8, 4) is 11.5 Å². The summed E-state index contributed by atoms with van der Waals surface area (Å²) in [5.74, 6) is -0.219. The zero-order valence-electron chi connectivity index (χ0n) is 15.4. The second kappa shape index (κ2) is 5.71. The van der Waals surface area contributed by atoms with E-state index in [-0.39, 0.29) is 40.0 Å². The molecule has 0 aliphatic heterocycles. The lowest BCUT2D eigenvalue weighted by Gasteiger charge is -2.18. The highest BCUT2D eigenvalue weighted by atomic mass is 19.1. The normalized spacial score (nSPS) is 16.7. The molecule has 1 unspecified atom stereocenters. The second-order valence-electron chi connectivity index (χ2n) is 7.31. The fraction of sp³-hybridized carbons (Fsp3) is 0.368. The Hall–Kier alpha value is -3.07. The maximum atomic E-state index is 14.7. The predicted octanol–water partition coefficient (Wildman–Crippen LogP) is 2.79. The molecule has 3 aromatic heterocycles. The van der Waals surface area contributed by atoms with Crippen LogP contribution in [-0.4, -0.2) is 29.2 Å². The number of rotatable bonds is 4. The van der Waals surface area contributed by atoms with Crippen LogP contribution in [0, 0.1) is 5.82 Å². The topological polar surface area (TPSA) is 98.5 Å². The van der Waals surface area contributed by atoms with Crippen LogP contribution in [0.4, 0.5) is 4.39 Å². The molecule has 1 fully saturated rings. The smallest absolute Gasteiger partial charge is 0.278 e. The molecule has 144 valence electrons. The molecule has 1 aliphatic rings. The van der Waals surface area contributed by atoms with Crippen molar-refractivity contribution in [2.45, 2.75) is 44.8 Å². The van der Waals surface area contributed by atoms with Gasteiger partial charge in [0.25, 0.3) is 11.4 Å². The van der Waals surface area contributed by atoms with Crippen molar-refractivity contribution in [1.29, 1.82) is 0 Å². The Labute approximate surface area is 158 Å². The highest BCUT2D eigenvalue weighted by Gasteiger charge is 2.48. The van der Waals surface area contributed by atoms with E-state index in [0.29, 0.717) is 24.8 Å². The summed E-state index contributed by atoms with van der Waals surface area (Å²) < 4.78 is 22.9. The first-order valence-corrected chi connectivity index (χ1v) is 9.21. The standard InChI is InChI=1S/C19H18FN5O3/c1-3-10(2)25-14-11(20)5-4-6-12(14)24-9-21-13(15(24)17(25)26)16-22-18(28-23-16)19(27)7-8-19/h4-6,9-10,27H,3,7-8H2,1-2H3. The molecule has 1 atom stereocenters. The Kier molecular flexibility index (Phi) is 3.48. The van der Waals surface area contributed by atoms with Gasteiger partial charge in [-0.25, -0.2) is 9.37 Å². The first kappa shape index (κ1) is 17.1. The zero-order chi connectivity index (χ0) is 19.6. The van der Waals surface area contributed by atoms with Crippen molar-refractivity contribution in [1.82, 2.24) is 24.1 Å². The van der Waals surface area contributed by atoms with E-state index in [1.54, 1.807) is 16.5 Å². The predicted molar refractivity (Wildman–Crippen MR) is 98.3 cm³/mol. The molecule has 1 aromatic carbocycles. The minimum Gasteiger partial charge on any atom is -0.380 e. The average molecular weight is 383 g/mol. The molecule has 8 nitrogen and oxygen atoms in total. The Bertz CT molecular complexity index is 1280. The van der Waals surface area contributed by atoms with Crippen LogP contribution in [0.3, 0.4) is 0 Å². The van der Waals surface area contributed by atoms with Gasteiger partial charge in [0.1, 0.15) is 34.5 Å². The molecule has 0 bridgehead atoms. The number of hydrogen-bond acceptors (Lipinski definition) is 6. The van der Waals surface area contributed by atoms with Gasteiger partial charge >= 0.3 is 0 Å². The minimum atomic E-state index is -1.08. The lowest BCUT2D eigenvalue weighted by molar-refractivity contribution is 0.108. The van der Waals surface area contributed by atoms with Gasteiger partial charge in [0, 0.05) is 6.04 Å². The molecule has 0 spiro atoms. The van der Waals surface area contributed by atoms with Crippen LogP contribution in [0.1, 0.15) is 45.0 Å². The molecule has 1 aliphatic carbocycles. The van der Waals surface area contributed by atoms with Gasteiger partial charge < -0.3 is 9.63 Å². The third-order valence-corrected chi connectivity index (χ3v) is 5.45. The summed E-state index contributed by atoms with van der Waals surface area (Å²) >= 11 is 0. The first-order valence-electron chi connectivity index (χ1n) is 9.21. The monoisotopic (exact) mass is 383 g/mol. The lowest BCUT2D eigenvalue weighted by atomic mass is 10.2. The lowest BCUT2D eigenvalue weighted by Crippen LogP contribution is -2.26. The number of para-hydroxylation sites is 1. The van der Waals surface area contributed by atoms with Crippen molar-refractivity contribution in [3.63, 3.8) is 0 Å². The first-order chi connectivity index (χ1) is 13.4. The molecular formula is C19H18FN5O3. The summed E-state index contributed by atoms with van der Waals surface area (Å²) in [6.07, 6.45) is 3.23. The number of aliphatic hydroxyl groups is 1. The van der Waals surface area contributed by atoms with Crippen molar-refractivity contribution in [2.24, 2.45) is 0 Å². The summed E-state index contributed by atoms with van der Waals surface area (Å²) in [5.41, 5.74) is -0.206. The van der Waals surface area contributed by atoms with Crippen LogP contribution in [0.2, 0.25) is 0 Å². The molecule has 1 saturated carbocycles. The molecule has 0 amide bonds. The van der Waals surface area contributed by atoms with E-state index in [0.717, 1.165) is 0 Å². The Morgan fingerprint density at radius 3 is 2.86 bits per heavy atom. The number of imidazole rings is 1. The maximum absolute atomic E-state index is 14.7. The zero-order valence-corrected chi connectivity index (χ0v) is 15.4. The summed E-state index contributed by atoms with van der Waals surface area (Å²) in [4.78, 5) is 21.9. The van der Waals surface area contributed by atoms with Crippen molar-refractivity contribution < 1.29 is 14.0 Å². The van der Waals surface area contributed by atoms with Gasteiger partial charge in [0.15, 0.2) is 0 Å². The third kappa shape index (κ3) is 2.26. The molecule has 4 aromatic rings. The van der Waals surface area contributed by atoms with Crippen LogP contribution >= 0.6 is 0 Å². The summed E-state index contributed by atoms with van der Waals surface area (Å²) in [6, 6.07) is 4.46. The third-order valence-electron chi connectivity index (χ3n) is 5.45. The van der Waals surface area contributed by atoms with E-state index in [2.05, 4.69) is 15.1 Å². The molecule has 28 heavy (non-hydrogen) atoms. The van der Waals surface area contributed by atoms with Crippen LogP contribution in [0.15, 0.2) is 33.8 Å². The molecule has 5 rings (SSSR count). The highest BCUT2D eigenvalue weighted by molar-refractivity contribution is 5.84. The van der Waals surface area contributed by atoms with E-state index in [1.165, 1.54) is 17.0 Å². The summed E-state index contributed by atoms with van der Waals surface area (Å²) in [5, 5.41) is 14.1. The van der Waals surface area contributed by atoms with E-state index in [9.17, 15) is 14.3 Å². The highest BCUT2D eigenvalue weighted by Crippen LogP contribution is 2.44. The van der Waals surface area contributed by atoms with Gasteiger partial charge in [-0.2, -0.15) is 4.98 Å². The minimum absolute atomic E-state index is 0.123. The van der Waals surface area contributed by atoms with Crippen LogP contribution < -0.4 is 5.56 Å². The quantitative estimate of drug-likeness (QED) is 0.582. The van der Waals surface area contributed by atoms with Gasteiger partial charge in [-0.1, -0.05) is 18.1 Å². The molecular weight excluding hydrogens is 365 g/mol. The largest absolute Gasteiger partial charge is 0.380 e. The summed E-state index contributed by atoms with van der Waals surface area (Å²) in [7, 11) is 0. The second-order valence-corrected chi connectivity index (χ2v) is 7.31. The van der Waals surface area contributed by atoms with Crippen LogP contribution in [0.5, 0.6) is 0 Å². The van der Waals surface area contributed by atoms with Gasteiger partial charge in [-0.15, -0.1) is 0 Å². The van der Waals surface area contributed by atoms with E-state index in [4.69, 9.17) is 4.52 Å². The van der Waals surface area contributed by atoms with Crippen LogP contribution in [0.25, 0.3) is 28.1 Å². The molecule has 9 heteroatoms. The van der Waals surface area contributed by atoms with Gasteiger partial charge in [-0.05, 0) is 38.3 Å². The van der Waals surface area contributed by atoms with Gasteiger partial charge in [0.05, 0.1) is 5.52 Å². The maximum Gasteiger partial charge on any atom is 0.278 e. The fourth-order valence-corrected chi connectivity index (χ4v) is 3.50. The number of halogens is 1. The Morgan fingerprint density at radius 2 is 2.14 bits per heavy atom. The average Bonchev–Trinajstić information content (AvgIpc) is 3.12. The molecule has 0 saturated heterocycles. The molecule has 0 radical (unpaired) electrons. The Morgan fingerprint density at radius 1 is 1.36 bits per heavy atom. The SMILES string of the molecule is CCC(C)n1c(=O)c2c(-c3noc(C4(O)CC4)n3)ncn2c2cccc(F)c21. The van der Waals surface area contributed by atoms with Gasteiger partial charge in [0.2, 0.25) is 5.82 Å². The number of nitrogens with zero attached hydrogens (tertiary/aromatic N) is 5. The van der Waals surface area contributed by atoms with E-state index >= 15 is 0 Å². The van der Waals surface area contributed by atoms with Crippen LogP contribution in [-0.2, 0) is 5.60 Å². The van der Waals surface area contributed by atoms with E-state index in [1.807, 2.05) is 13.8 Å². The van der Waals surface area contributed by atoms with Crippen molar-refractivity contribution in [3.05, 3.63) is 46.6 Å². The van der Waals surface area contributed by atoms with E-state index < -0.39 is 11.4 Å². The van der Waals surface area contributed by atoms with Crippen molar-refractivity contribution in [2.75, 3.05) is 0 Å².